The fourth-order valence-corrected chi connectivity index (χ4v) is 3.11. The lowest BCUT2D eigenvalue weighted by atomic mass is 10.3. The van der Waals surface area contributed by atoms with Gasteiger partial charge in [0.15, 0.2) is 5.03 Å². The number of likely N-dealkylation sites (tertiary alicyclic amines) is 1. The van der Waals surface area contributed by atoms with E-state index in [2.05, 4.69) is 9.88 Å². The molecular formula is C12H20ClN3O2S. The lowest BCUT2D eigenvalue weighted by Crippen LogP contribution is -2.24. The van der Waals surface area contributed by atoms with E-state index in [0.717, 1.165) is 44.8 Å². The Balaban J connectivity index is 2.10. The fourth-order valence-electron chi connectivity index (χ4n) is 2.42. The normalized spacial score (nSPS) is 17.2. The Morgan fingerprint density at radius 2 is 2.00 bits per heavy atom. The van der Waals surface area contributed by atoms with Gasteiger partial charge in [0, 0.05) is 36.4 Å². The quantitative estimate of drug-likeness (QED) is 0.753. The van der Waals surface area contributed by atoms with Crippen LogP contribution in [-0.2, 0) is 22.0 Å². The molecular weight excluding hydrogens is 286 g/mol. The summed E-state index contributed by atoms with van der Waals surface area (Å²) in [5.74, 6) is 0.806. The summed E-state index contributed by atoms with van der Waals surface area (Å²) >= 11 is 0. The summed E-state index contributed by atoms with van der Waals surface area (Å²) in [5, 5.41) is -0.0287. The van der Waals surface area contributed by atoms with Gasteiger partial charge in [0.1, 0.15) is 5.82 Å². The molecule has 0 N–H and O–H groups in total. The molecule has 19 heavy (non-hydrogen) atoms. The number of hydrogen-bond acceptors (Lipinski definition) is 4. The van der Waals surface area contributed by atoms with Crippen LogP contribution in [0.25, 0.3) is 0 Å². The Labute approximate surface area is 119 Å². The largest absolute Gasteiger partial charge is 0.332 e. The van der Waals surface area contributed by atoms with E-state index in [1.54, 1.807) is 6.20 Å². The van der Waals surface area contributed by atoms with Crippen LogP contribution in [0.4, 0.5) is 0 Å². The average molecular weight is 306 g/mol. The van der Waals surface area contributed by atoms with Crippen molar-refractivity contribution in [1.29, 1.82) is 0 Å². The molecule has 5 nitrogen and oxygen atoms in total. The summed E-state index contributed by atoms with van der Waals surface area (Å²) in [7, 11) is 1.62. The Bertz CT molecular complexity index is 521. The van der Waals surface area contributed by atoms with Crippen LogP contribution in [0.2, 0.25) is 0 Å². The van der Waals surface area contributed by atoms with Crippen LogP contribution in [0.5, 0.6) is 0 Å². The molecule has 1 aromatic heterocycles. The molecule has 0 saturated carbocycles. The second-order valence-corrected chi connectivity index (χ2v) is 7.44. The number of rotatable bonds is 6. The molecule has 1 fully saturated rings. The van der Waals surface area contributed by atoms with Gasteiger partial charge in [-0.15, -0.1) is 0 Å². The number of aromatic nitrogens is 2. The van der Waals surface area contributed by atoms with E-state index >= 15 is 0 Å². The van der Waals surface area contributed by atoms with Gasteiger partial charge in [-0.05, 0) is 32.4 Å². The molecule has 0 aliphatic carbocycles. The van der Waals surface area contributed by atoms with Gasteiger partial charge in [0.05, 0.1) is 0 Å². The maximum atomic E-state index is 11.3. The van der Waals surface area contributed by atoms with Crippen LogP contribution in [-0.4, -0.2) is 42.5 Å². The molecule has 0 unspecified atom stereocenters. The highest BCUT2D eigenvalue weighted by Gasteiger charge is 2.18. The number of nitrogens with zero attached hydrogens (tertiary/aromatic N) is 3. The molecule has 1 aliphatic heterocycles. The molecule has 1 aromatic rings. The zero-order chi connectivity index (χ0) is 13.9. The summed E-state index contributed by atoms with van der Waals surface area (Å²) in [6.07, 6.45) is 5.78. The minimum Gasteiger partial charge on any atom is -0.332 e. The van der Waals surface area contributed by atoms with Gasteiger partial charge in [0.2, 0.25) is 0 Å². The predicted octanol–water partition coefficient (Wildman–Crippen LogP) is 1.86. The van der Waals surface area contributed by atoms with Gasteiger partial charge in [-0.3, -0.25) is 0 Å². The van der Waals surface area contributed by atoms with Gasteiger partial charge >= 0.3 is 0 Å². The molecule has 0 aromatic carbocycles. The fraction of sp³-hybridized carbons (Fsp3) is 0.750. The molecule has 108 valence electrons. The van der Waals surface area contributed by atoms with Crippen LogP contribution in [0, 0.1) is 0 Å². The van der Waals surface area contributed by atoms with E-state index in [1.165, 1.54) is 12.8 Å². The summed E-state index contributed by atoms with van der Waals surface area (Å²) in [4.78, 5) is 6.53. The number of hydrogen-bond donors (Lipinski definition) is 0. The lowest BCUT2D eigenvalue weighted by molar-refractivity contribution is 0.320. The van der Waals surface area contributed by atoms with Crippen LogP contribution < -0.4 is 0 Å². The van der Waals surface area contributed by atoms with E-state index in [0.29, 0.717) is 0 Å². The van der Waals surface area contributed by atoms with Crippen molar-refractivity contribution in [2.75, 3.05) is 19.6 Å². The van der Waals surface area contributed by atoms with Crippen LogP contribution in [0.3, 0.4) is 0 Å². The summed E-state index contributed by atoms with van der Waals surface area (Å²) in [6.45, 7) is 6.04. The van der Waals surface area contributed by atoms with Crippen molar-refractivity contribution in [2.24, 2.45) is 0 Å². The standard InChI is InChI=1S/C12H20ClN3O2S/c1-2-5-11-14-12(19(13,17)18)10-16(11)9-8-15-6-3-4-7-15/h10H,2-9H2,1H3. The Morgan fingerprint density at radius 3 is 2.58 bits per heavy atom. The highest BCUT2D eigenvalue weighted by atomic mass is 35.7. The van der Waals surface area contributed by atoms with E-state index in [9.17, 15) is 8.42 Å². The van der Waals surface area contributed by atoms with Crippen molar-refractivity contribution >= 4 is 19.7 Å². The summed E-state index contributed by atoms with van der Waals surface area (Å²) in [5.41, 5.74) is 0. The zero-order valence-electron chi connectivity index (χ0n) is 11.2. The van der Waals surface area contributed by atoms with Crippen LogP contribution >= 0.6 is 10.7 Å². The second kappa shape index (κ2) is 6.24. The van der Waals surface area contributed by atoms with Crippen molar-refractivity contribution in [3.8, 4) is 0 Å². The first kappa shape index (κ1) is 14.8. The molecule has 0 atom stereocenters. The van der Waals surface area contributed by atoms with Gasteiger partial charge in [0.25, 0.3) is 9.05 Å². The van der Waals surface area contributed by atoms with E-state index in [1.807, 2.05) is 11.5 Å². The van der Waals surface area contributed by atoms with E-state index in [-0.39, 0.29) is 5.03 Å². The Morgan fingerprint density at radius 1 is 1.32 bits per heavy atom. The smallest absolute Gasteiger partial charge is 0.280 e. The predicted molar refractivity (Wildman–Crippen MR) is 74.9 cm³/mol. The average Bonchev–Trinajstić information content (AvgIpc) is 2.94. The molecule has 1 saturated heterocycles. The van der Waals surface area contributed by atoms with Gasteiger partial charge in [-0.25, -0.2) is 13.4 Å². The van der Waals surface area contributed by atoms with Gasteiger partial charge in [-0.2, -0.15) is 0 Å². The molecule has 0 spiro atoms. The highest BCUT2D eigenvalue weighted by Crippen LogP contribution is 2.16. The molecule has 1 aliphatic rings. The molecule has 0 amide bonds. The Kier molecular flexibility index (Phi) is 4.86. The first-order valence-electron chi connectivity index (χ1n) is 6.74. The number of imidazole rings is 1. The minimum absolute atomic E-state index is 0.0287. The number of halogens is 1. The highest BCUT2D eigenvalue weighted by molar-refractivity contribution is 8.13. The Hall–Kier alpha value is -0.590. The third kappa shape index (κ3) is 3.94. The SMILES string of the molecule is CCCc1nc(S(=O)(=O)Cl)cn1CCN1CCCC1. The third-order valence-electron chi connectivity index (χ3n) is 3.42. The van der Waals surface area contributed by atoms with Crippen LogP contribution in [0.15, 0.2) is 11.2 Å². The summed E-state index contributed by atoms with van der Waals surface area (Å²) in [6, 6.07) is 0. The molecule has 0 bridgehead atoms. The van der Waals surface area contributed by atoms with E-state index < -0.39 is 9.05 Å². The lowest BCUT2D eigenvalue weighted by Gasteiger charge is -2.15. The topological polar surface area (TPSA) is 55.2 Å². The number of aryl methyl sites for hydroxylation is 1. The van der Waals surface area contributed by atoms with Crippen molar-refractivity contribution in [3.63, 3.8) is 0 Å². The van der Waals surface area contributed by atoms with E-state index in [4.69, 9.17) is 10.7 Å². The minimum atomic E-state index is -3.73. The second-order valence-electron chi connectivity index (χ2n) is 4.93. The zero-order valence-corrected chi connectivity index (χ0v) is 12.8. The third-order valence-corrected chi connectivity index (χ3v) is 4.59. The molecule has 7 heteroatoms. The summed E-state index contributed by atoms with van der Waals surface area (Å²) < 4.78 is 24.6. The first-order chi connectivity index (χ1) is 9.00. The molecule has 2 heterocycles. The first-order valence-corrected chi connectivity index (χ1v) is 9.04. The van der Waals surface area contributed by atoms with Crippen molar-refractivity contribution in [2.45, 2.75) is 44.2 Å². The molecule has 2 rings (SSSR count). The van der Waals surface area contributed by atoms with Crippen LogP contribution in [0.1, 0.15) is 32.0 Å². The van der Waals surface area contributed by atoms with Gasteiger partial charge in [-0.1, -0.05) is 6.92 Å². The van der Waals surface area contributed by atoms with Crippen molar-refractivity contribution < 1.29 is 8.42 Å². The van der Waals surface area contributed by atoms with Crippen molar-refractivity contribution in [1.82, 2.24) is 14.5 Å². The maximum Gasteiger partial charge on any atom is 0.280 e. The van der Waals surface area contributed by atoms with Crippen molar-refractivity contribution in [3.05, 3.63) is 12.0 Å². The monoisotopic (exact) mass is 305 g/mol. The maximum absolute atomic E-state index is 11.3. The van der Waals surface area contributed by atoms with Gasteiger partial charge < -0.3 is 9.47 Å². The molecule has 0 radical (unpaired) electrons.